The number of nitrogens with two attached hydrogens (primary N) is 2. The van der Waals surface area contributed by atoms with Crippen LogP contribution in [0.15, 0.2) is 0 Å². The van der Waals surface area contributed by atoms with Crippen molar-refractivity contribution in [3.8, 4) is 0 Å². The molecule has 0 unspecified atom stereocenters. The van der Waals surface area contributed by atoms with E-state index in [2.05, 4.69) is 94.8 Å². The Morgan fingerprint density at radius 3 is 0.806 bits per heavy atom. The van der Waals surface area contributed by atoms with Crippen LogP contribution in [0.5, 0.6) is 0 Å². The van der Waals surface area contributed by atoms with Gasteiger partial charge < -0.3 is 28.4 Å². The minimum absolute atomic E-state index is 0.154. The summed E-state index contributed by atoms with van der Waals surface area (Å²) in [6.07, 6.45) is 5.11. The molecule has 0 radical (unpaired) electrons. The summed E-state index contributed by atoms with van der Waals surface area (Å²) in [5.74, 6) is 8.00. The van der Waals surface area contributed by atoms with Gasteiger partial charge in [-0.1, -0.05) is 0 Å². The second-order valence-electron chi connectivity index (χ2n) is 13.0. The lowest BCUT2D eigenvalue weighted by Crippen LogP contribution is -2.60. The van der Waals surface area contributed by atoms with E-state index in [0.29, 0.717) is 13.2 Å². The molecule has 4 N–H and O–H groups in total. The molecule has 8 nitrogen and oxygen atoms in total. The van der Waals surface area contributed by atoms with Gasteiger partial charge in [0.1, 0.15) is 0 Å². The van der Waals surface area contributed by atoms with Crippen LogP contribution in [0.25, 0.3) is 0 Å². The smallest absolute Gasteiger partial charge is 0.0917 e. The number of hydrazine groups is 1. The minimum atomic E-state index is -0.214. The molecule has 218 valence electrons. The highest BCUT2D eigenvalue weighted by molar-refractivity contribution is 4.97. The maximum absolute atomic E-state index is 5.95. The number of rotatable bonds is 0. The maximum Gasteiger partial charge on any atom is 0.0917 e. The molecule has 0 saturated carbocycles. The van der Waals surface area contributed by atoms with Crippen molar-refractivity contribution in [3.05, 3.63) is 0 Å². The Morgan fingerprint density at radius 2 is 0.667 bits per heavy atom. The van der Waals surface area contributed by atoms with Crippen molar-refractivity contribution in [1.29, 1.82) is 0 Å². The summed E-state index contributed by atoms with van der Waals surface area (Å²) in [7, 11) is 0. The number of ether oxygens (including phenoxy) is 6. The Labute approximate surface area is 222 Å². The largest absolute Gasteiger partial charge is 0.381 e. The summed E-state index contributed by atoms with van der Waals surface area (Å²) >= 11 is 0. The van der Waals surface area contributed by atoms with Crippen LogP contribution in [-0.2, 0) is 28.4 Å². The van der Waals surface area contributed by atoms with E-state index in [0.717, 1.165) is 26.4 Å². The van der Waals surface area contributed by atoms with Gasteiger partial charge in [-0.2, -0.15) is 0 Å². The fourth-order valence-corrected chi connectivity index (χ4v) is 3.76. The molecule has 0 aliphatic carbocycles. The molecule has 4 aliphatic heterocycles. The third-order valence-electron chi connectivity index (χ3n) is 7.18. The van der Waals surface area contributed by atoms with Gasteiger partial charge >= 0.3 is 0 Å². The van der Waals surface area contributed by atoms with Crippen molar-refractivity contribution >= 4 is 0 Å². The lowest BCUT2D eigenvalue weighted by Gasteiger charge is -2.51. The lowest BCUT2D eigenvalue weighted by atomic mass is 9.86. The summed E-state index contributed by atoms with van der Waals surface area (Å²) in [4.78, 5) is 0. The predicted octanol–water partition coefficient (Wildman–Crippen LogP) is 5.15. The molecular formula is C28H60N2O6. The number of hydrogen-bond donors (Lipinski definition) is 2. The molecule has 4 heterocycles. The van der Waals surface area contributed by atoms with Gasteiger partial charge in [-0.05, 0) is 109 Å². The first-order valence-corrected chi connectivity index (χ1v) is 13.5. The van der Waals surface area contributed by atoms with E-state index in [9.17, 15) is 0 Å². The summed E-state index contributed by atoms with van der Waals surface area (Å²) in [5, 5.41) is 0. The van der Waals surface area contributed by atoms with Gasteiger partial charge in [-0.3, -0.25) is 11.7 Å². The summed E-state index contributed by atoms with van der Waals surface area (Å²) in [6.45, 7) is 30.2. The maximum atomic E-state index is 5.95. The molecular weight excluding hydrogens is 460 g/mol. The van der Waals surface area contributed by atoms with E-state index in [1.807, 2.05) is 0 Å². The van der Waals surface area contributed by atoms with Crippen LogP contribution in [0.1, 0.15) is 109 Å². The van der Waals surface area contributed by atoms with Gasteiger partial charge in [0.15, 0.2) is 0 Å². The van der Waals surface area contributed by atoms with E-state index < -0.39 is 0 Å². The Kier molecular flexibility index (Phi) is 14.6. The summed E-state index contributed by atoms with van der Waals surface area (Å²) in [6, 6.07) is 0. The standard InChI is InChI=1S/2C10H20O2.2C4H8O.H4N2/c2*1-8(2)7-11-9(3,4)10(5,6)12-8;2*1-2-4-5-3-1;1-2/h2*7H2,1-6H3;2*1-4H2;1-2H2. The van der Waals surface area contributed by atoms with Crippen LogP contribution >= 0.6 is 0 Å². The van der Waals surface area contributed by atoms with Gasteiger partial charge in [0.2, 0.25) is 0 Å². The highest BCUT2D eigenvalue weighted by Crippen LogP contribution is 2.39. The molecule has 0 aromatic carbocycles. The van der Waals surface area contributed by atoms with E-state index in [4.69, 9.17) is 28.4 Å². The van der Waals surface area contributed by atoms with E-state index in [1.165, 1.54) is 25.7 Å². The molecule has 0 spiro atoms. The Bertz CT molecular complexity index is 528. The van der Waals surface area contributed by atoms with Crippen molar-refractivity contribution in [2.24, 2.45) is 11.7 Å². The van der Waals surface area contributed by atoms with Crippen molar-refractivity contribution < 1.29 is 28.4 Å². The topological polar surface area (TPSA) is 107 Å². The van der Waals surface area contributed by atoms with Gasteiger partial charge in [0.25, 0.3) is 0 Å². The Balaban J connectivity index is 0.000000473. The van der Waals surface area contributed by atoms with E-state index >= 15 is 0 Å². The number of hydrogen-bond acceptors (Lipinski definition) is 8. The quantitative estimate of drug-likeness (QED) is 0.333. The molecule has 4 aliphatic rings. The van der Waals surface area contributed by atoms with Crippen molar-refractivity contribution in [2.45, 2.75) is 142 Å². The third kappa shape index (κ3) is 12.5. The van der Waals surface area contributed by atoms with E-state index in [-0.39, 0.29) is 33.6 Å². The van der Waals surface area contributed by atoms with Crippen molar-refractivity contribution in [3.63, 3.8) is 0 Å². The van der Waals surface area contributed by atoms with E-state index in [1.54, 1.807) is 0 Å². The minimum Gasteiger partial charge on any atom is -0.381 e. The van der Waals surface area contributed by atoms with Gasteiger partial charge in [-0.15, -0.1) is 0 Å². The lowest BCUT2D eigenvalue weighted by molar-refractivity contribution is -0.292. The first kappa shape index (κ1) is 35.7. The SMILES string of the molecule is C1CCOC1.C1CCOC1.CC1(C)COC(C)(C)C(C)(C)O1.CC1(C)COC(C)(C)C(C)(C)O1.NN. The van der Waals surface area contributed by atoms with Crippen LogP contribution in [0.4, 0.5) is 0 Å². The molecule has 0 aromatic rings. The molecule has 0 bridgehead atoms. The van der Waals surface area contributed by atoms with Crippen LogP contribution in [0.2, 0.25) is 0 Å². The molecule has 8 heteroatoms. The fraction of sp³-hybridized carbons (Fsp3) is 1.00. The normalized spacial score (nSPS) is 27.8. The van der Waals surface area contributed by atoms with Crippen LogP contribution in [-0.4, -0.2) is 73.2 Å². The molecule has 0 atom stereocenters. The zero-order chi connectivity index (χ0) is 28.3. The van der Waals surface area contributed by atoms with Crippen LogP contribution in [0.3, 0.4) is 0 Å². The molecule has 4 fully saturated rings. The van der Waals surface area contributed by atoms with Gasteiger partial charge in [0, 0.05) is 26.4 Å². The summed E-state index contributed by atoms with van der Waals surface area (Å²) < 4.78 is 33.3. The summed E-state index contributed by atoms with van der Waals surface area (Å²) in [5.41, 5.74) is -1.12. The Morgan fingerprint density at radius 1 is 0.417 bits per heavy atom. The van der Waals surface area contributed by atoms with Gasteiger partial charge in [-0.25, -0.2) is 0 Å². The molecule has 0 amide bonds. The highest BCUT2D eigenvalue weighted by atomic mass is 16.6. The predicted molar refractivity (Wildman–Crippen MR) is 147 cm³/mol. The fourth-order valence-electron chi connectivity index (χ4n) is 3.76. The highest BCUT2D eigenvalue weighted by Gasteiger charge is 2.48. The zero-order valence-electron chi connectivity index (χ0n) is 25.7. The second-order valence-corrected chi connectivity index (χ2v) is 13.0. The van der Waals surface area contributed by atoms with Crippen LogP contribution < -0.4 is 11.7 Å². The first-order chi connectivity index (χ1) is 16.3. The molecule has 4 saturated heterocycles. The third-order valence-corrected chi connectivity index (χ3v) is 7.18. The zero-order valence-corrected chi connectivity index (χ0v) is 25.7. The van der Waals surface area contributed by atoms with Crippen molar-refractivity contribution in [1.82, 2.24) is 0 Å². The average Bonchev–Trinajstić information content (AvgIpc) is 3.49. The molecule has 4 rings (SSSR count). The second kappa shape index (κ2) is 14.7. The average molecular weight is 521 g/mol. The molecule has 0 aromatic heterocycles. The van der Waals surface area contributed by atoms with Gasteiger partial charge in [0.05, 0.1) is 46.8 Å². The van der Waals surface area contributed by atoms with Crippen LogP contribution in [0, 0.1) is 0 Å². The molecule has 36 heavy (non-hydrogen) atoms. The van der Waals surface area contributed by atoms with Crippen molar-refractivity contribution in [2.75, 3.05) is 39.6 Å². The monoisotopic (exact) mass is 520 g/mol. The first-order valence-electron chi connectivity index (χ1n) is 13.5. The Hall–Kier alpha value is -0.320.